The summed E-state index contributed by atoms with van der Waals surface area (Å²) < 4.78 is 1.18. The second-order valence-electron chi connectivity index (χ2n) is 6.49. The van der Waals surface area contributed by atoms with E-state index in [9.17, 15) is 25.2 Å². The minimum absolute atomic E-state index is 0.0165. The molecule has 5 N–H and O–H groups in total. The molecule has 0 amide bonds. The van der Waals surface area contributed by atoms with Crippen LogP contribution in [0.4, 0.5) is 5.82 Å². The SMILES string of the molecule is CC[C@H](C(=O)O)[C@@H](O)[C@@H](O)n1cnc2c(NC)nc(C#Cc3ccccc3O)nc21. The fourth-order valence-corrected chi connectivity index (χ4v) is 2.98. The van der Waals surface area contributed by atoms with Crippen LogP contribution >= 0.6 is 0 Å². The molecule has 156 valence electrons. The van der Waals surface area contributed by atoms with Crippen LogP contribution in [-0.4, -0.2) is 59.1 Å². The van der Waals surface area contributed by atoms with Gasteiger partial charge in [0.05, 0.1) is 17.8 Å². The quantitative estimate of drug-likeness (QED) is 0.373. The van der Waals surface area contributed by atoms with Crippen molar-refractivity contribution in [2.24, 2.45) is 5.92 Å². The third-order valence-corrected chi connectivity index (χ3v) is 4.63. The van der Waals surface area contributed by atoms with Crippen molar-refractivity contribution in [2.75, 3.05) is 12.4 Å². The van der Waals surface area contributed by atoms with E-state index in [1.165, 1.54) is 17.0 Å². The van der Waals surface area contributed by atoms with E-state index in [0.717, 1.165) is 0 Å². The first-order valence-electron chi connectivity index (χ1n) is 9.18. The highest BCUT2D eigenvalue weighted by Gasteiger charge is 2.32. The Labute approximate surface area is 171 Å². The summed E-state index contributed by atoms with van der Waals surface area (Å²) in [7, 11) is 1.63. The summed E-state index contributed by atoms with van der Waals surface area (Å²) in [5, 5.41) is 42.9. The first-order valence-corrected chi connectivity index (χ1v) is 9.18. The molecule has 0 saturated carbocycles. The lowest BCUT2D eigenvalue weighted by molar-refractivity contribution is -0.152. The molecule has 0 fully saturated rings. The van der Waals surface area contributed by atoms with Crippen molar-refractivity contribution < 1.29 is 25.2 Å². The van der Waals surface area contributed by atoms with Gasteiger partial charge in [-0.3, -0.25) is 9.36 Å². The lowest BCUT2D eigenvalue weighted by atomic mass is 9.98. The average Bonchev–Trinajstić information content (AvgIpc) is 3.16. The van der Waals surface area contributed by atoms with Gasteiger partial charge in [0.1, 0.15) is 11.9 Å². The van der Waals surface area contributed by atoms with Crippen LogP contribution in [0.5, 0.6) is 5.75 Å². The number of anilines is 1. The molecule has 3 atom stereocenters. The van der Waals surface area contributed by atoms with Gasteiger partial charge in [0, 0.05) is 7.05 Å². The van der Waals surface area contributed by atoms with Crippen LogP contribution in [0.15, 0.2) is 30.6 Å². The van der Waals surface area contributed by atoms with E-state index in [2.05, 4.69) is 32.1 Å². The largest absolute Gasteiger partial charge is 0.507 e. The minimum Gasteiger partial charge on any atom is -0.507 e. The van der Waals surface area contributed by atoms with E-state index in [1.54, 1.807) is 32.2 Å². The molecule has 0 aliphatic rings. The normalized spacial score (nSPS) is 13.9. The first kappa shape index (κ1) is 21.0. The molecule has 3 aromatic rings. The predicted octanol–water partition coefficient (Wildman–Crippen LogP) is 0.936. The van der Waals surface area contributed by atoms with Gasteiger partial charge >= 0.3 is 5.97 Å². The van der Waals surface area contributed by atoms with Gasteiger partial charge in [0.2, 0.25) is 5.82 Å². The third kappa shape index (κ3) is 4.03. The van der Waals surface area contributed by atoms with Crippen molar-refractivity contribution in [3.63, 3.8) is 0 Å². The summed E-state index contributed by atoms with van der Waals surface area (Å²) in [6.07, 6.45) is -1.78. The van der Waals surface area contributed by atoms with Crippen LogP contribution in [0.2, 0.25) is 0 Å². The first-order chi connectivity index (χ1) is 14.4. The summed E-state index contributed by atoms with van der Waals surface area (Å²) in [6, 6.07) is 6.55. The van der Waals surface area contributed by atoms with Crippen molar-refractivity contribution >= 4 is 23.0 Å². The third-order valence-electron chi connectivity index (χ3n) is 4.63. The lowest BCUT2D eigenvalue weighted by Crippen LogP contribution is -2.35. The zero-order chi connectivity index (χ0) is 21.8. The molecular formula is C20H21N5O5. The maximum atomic E-state index is 11.3. The Morgan fingerprint density at radius 1 is 1.23 bits per heavy atom. The number of imidazole rings is 1. The number of rotatable bonds is 6. The van der Waals surface area contributed by atoms with Crippen molar-refractivity contribution in [1.29, 1.82) is 0 Å². The Morgan fingerprint density at radius 2 is 1.97 bits per heavy atom. The van der Waals surface area contributed by atoms with Crippen LogP contribution in [-0.2, 0) is 4.79 Å². The van der Waals surface area contributed by atoms with Crippen LogP contribution in [0.3, 0.4) is 0 Å². The molecule has 0 radical (unpaired) electrons. The van der Waals surface area contributed by atoms with Gasteiger partial charge in [0.15, 0.2) is 23.2 Å². The average molecular weight is 411 g/mol. The Hall–Kier alpha value is -3.68. The zero-order valence-electron chi connectivity index (χ0n) is 16.3. The van der Waals surface area contributed by atoms with Crippen molar-refractivity contribution in [3.8, 4) is 17.6 Å². The number of aliphatic carboxylic acids is 1. The molecule has 10 heteroatoms. The van der Waals surface area contributed by atoms with Gasteiger partial charge in [0.25, 0.3) is 0 Å². The lowest BCUT2D eigenvalue weighted by Gasteiger charge is -2.23. The van der Waals surface area contributed by atoms with Gasteiger partial charge < -0.3 is 25.7 Å². The highest BCUT2D eigenvalue weighted by Crippen LogP contribution is 2.25. The van der Waals surface area contributed by atoms with E-state index < -0.39 is 24.2 Å². The molecule has 0 aliphatic heterocycles. The Bertz CT molecular complexity index is 1130. The molecule has 0 spiro atoms. The van der Waals surface area contributed by atoms with Gasteiger partial charge in [-0.1, -0.05) is 25.0 Å². The van der Waals surface area contributed by atoms with E-state index >= 15 is 0 Å². The second kappa shape index (κ2) is 8.77. The highest BCUT2D eigenvalue weighted by atomic mass is 16.4. The number of para-hydroxylation sites is 1. The zero-order valence-corrected chi connectivity index (χ0v) is 16.3. The van der Waals surface area contributed by atoms with Crippen molar-refractivity contribution in [1.82, 2.24) is 19.5 Å². The number of hydrogen-bond acceptors (Lipinski definition) is 8. The molecule has 1 aromatic carbocycles. The molecule has 0 bridgehead atoms. The molecule has 0 aliphatic carbocycles. The Kier molecular flexibility index (Phi) is 6.15. The van der Waals surface area contributed by atoms with E-state index in [-0.39, 0.29) is 23.6 Å². The standard InChI is InChI=1S/C20H21N5O5/c1-3-12(20(29)30)16(27)19(28)25-10-22-15-17(21-2)23-14(24-18(15)25)9-8-11-6-4-5-7-13(11)26/h4-7,10,12,16,19,26-28H,3H2,1-2H3,(H,29,30)(H,21,23,24)/t12-,16+,19+/m0/s1. The topological polar surface area (TPSA) is 154 Å². The summed E-state index contributed by atoms with van der Waals surface area (Å²) in [5.74, 6) is 3.60. The minimum atomic E-state index is -1.59. The number of carbonyl (C=O) groups is 1. The smallest absolute Gasteiger partial charge is 0.309 e. The molecule has 0 unspecified atom stereocenters. The highest BCUT2D eigenvalue weighted by molar-refractivity contribution is 5.83. The maximum Gasteiger partial charge on any atom is 0.309 e. The fourth-order valence-electron chi connectivity index (χ4n) is 2.98. The maximum absolute atomic E-state index is 11.3. The number of carboxylic acids is 1. The molecule has 2 heterocycles. The second-order valence-corrected chi connectivity index (χ2v) is 6.49. The number of nitrogens with zero attached hydrogens (tertiary/aromatic N) is 4. The molecule has 0 saturated heterocycles. The molecule has 3 rings (SSSR count). The monoisotopic (exact) mass is 411 g/mol. The van der Waals surface area contributed by atoms with Crippen molar-refractivity contribution in [2.45, 2.75) is 25.7 Å². The molecule has 2 aromatic heterocycles. The Balaban J connectivity index is 2.06. The number of aliphatic hydroxyl groups is 2. The summed E-state index contributed by atoms with van der Waals surface area (Å²) in [5.41, 5.74) is 0.881. The van der Waals surface area contributed by atoms with E-state index in [4.69, 9.17) is 0 Å². The summed E-state index contributed by atoms with van der Waals surface area (Å²) in [4.78, 5) is 24.1. The van der Waals surface area contributed by atoms with Crippen LogP contribution < -0.4 is 5.32 Å². The van der Waals surface area contributed by atoms with Crippen molar-refractivity contribution in [3.05, 3.63) is 42.0 Å². The number of aliphatic hydroxyl groups excluding tert-OH is 2. The van der Waals surface area contributed by atoms with Crippen LogP contribution in [0, 0.1) is 17.8 Å². The van der Waals surface area contributed by atoms with Crippen LogP contribution in [0.1, 0.15) is 31.0 Å². The number of aromatic nitrogens is 4. The number of aromatic hydroxyl groups is 1. The van der Waals surface area contributed by atoms with Gasteiger partial charge in [-0.05, 0) is 24.5 Å². The number of carboxylic acid groups (broad SMARTS) is 1. The summed E-state index contributed by atoms with van der Waals surface area (Å²) >= 11 is 0. The number of phenols is 1. The Morgan fingerprint density at radius 3 is 2.60 bits per heavy atom. The summed E-state index contributed by atoms with van der Waals surface area (Å²) in [6.45, 7) is 1.61. The fraction of sp³-hybridized carbons (Fsp3) is 0.300. The number of fused-ring (bicyclic) bond motifs is 1. The number of benzene rings is 1. The molecule has 10 nitrogen and oxygen atoms in total. The number of hydrogen-bond donors (Lipinski definition) is 5. The van der Waals surface area contributed by atoms with E-state index in [1.807, 2.05) is 0 Å². The molecular weight excluding hydrogens is 390 g/mol. The van der Waals surface area contributed by atoms with Gasteiger partial charge in [-0.15, -0.1) is 0 Å². The predicted molar refractivity (Wildman–Crippen MR) is 108 cm³/mol. The van der Waals surface area contributed by atoms with E-state index in [0.29, 0.717) is 16.9 Å². The molecule has 30 heavy (non-hydrogen) atoms. The number of nitrogens with one attached hydrogen (secondary N) is 1. The van der Waals surface area contributed by atoms with Crippen LogP contribution in [0.25, 0.3) is 11.2 Å². The van der Waals surface area contributed by atoms with Gasteiger partial charge in [-0.2, -0.15) is 0 Å². The van der Waals surface area contributed by atoms with Gasteiger partial charge in [-0.25, -0.2) is 15.0 Å². The number of phenolic OH excluding ortho intramolecular Hbond substituents is 1.